The minimum Gasteiger partial charge on any atom is -0.845 e. The second kappa shape index (κ2) is 16.6. The van der Waals surface area contributed by atoms with Crippen LogP contribution in [0.25, 0.3) is 11.5 Å². The zero-order chi connectivity index (χ0) is 35.7. The van der Waals surface area contributed by atoms with Crippen LogP contribution in [0.15, 0.2) is 36.8 Å². The normalized spacial score (nSPS) is 15.7. The predicted molar refractivity (Wildman–Crippen MR) is 159 cm³/mol. The number of aliphatic carboxylic acids is 1. The van der Waals surface area contributed by atoms with E-state index in [9.17, 15) is 52.8 Å². The number of aliphatic hydroxyl groups is 1. The predicted octanol–water partition coefficient (Wildman–Crippen LogP) is -11.0. The monoisotopic (exact) mass is 756 g/mol. The Morgan fingerprint density at radius 2 is 1.94 bits per heavy atom. The third-order valence-corrected chi connectivity index (χ3v) is 8.28. The molecule has 0 aliphatic carbocycles. The minimum atomic E-state index is -5.29. The number of oxime groups is 1. The molecule has 258 valence electrons. The minimum absolute atomic E-state index is 0. The number of anilines is 1. The number of aromatic nitrogens is 5. The first kappa shape index (κ1) is 42.5. The van der Waals surface area contributed by atoms with Crippen molar-refractivity contribution >= 4 is 56.2 Å². The van der Waals surface area contributed by atoms with Gasteiger partial charge in [0.05, 0.1) is 36.9 Å². The molecule has 2 atom stereocenters. The first-order chi connectivity index (χ1) is 22.4. The molecule has 1 saturated heterocycles. The van der Waals surface area contributed by atoms with Crippen LogP contribution in [0.2, 0.25) is 0 Å². The van der Waals surface area contributed by atoms with Crippen LogP contribution < -0.4 is 91.5 Å². The Bertz CT molecular complexity index is 2070. The van der Waals surface area contributed by atoms with E-state index in [-0.39, 0.29) is 86.1 Å². The van der Waals surface area contributed by atoms with E-state index < -0.39 is 93.3 Å². The molecule has 4 rings (SSSR count). The summed E-state index contributed by atoms with van der Waals surface area (Å²) >= 11 is 0.907. The third-order valence-electron chi connectivity index (χ3n) is 6.55. The number of rotatable bonds is 12. The van der Waals surface area contributed by atoms with Crippen molar-refractivity contribution in [3.63, 3.8) is 0 Å². The van der Waals surface area contributed by atoms with E-state index in [1.54, 1.807) is 6.92 Å². The van der Waals surface area contributed by atoms with Gasteiger partial charge in [-0.15, -0.1) is 20.8 Å². The summed E-state index contributed by atoms with van der Waals surface area (Å²) in [6.07, 6.45) is -0.179. The van der Waals surface area contributed by atoms with Gasteiger partial charge in [-0.05, 0) is 20.3 Å². The molecule has 22 nitrogen and oxygen atoms in total. The van der Waals surface area contributed by atoms with Gasteiger partial charge in [0.2, 0.25) is 5.43 Å². The molecule has 1 aliphatic rings. The van der Waals surface area contributed by atoms with Crippen LogP contribution in [0, 0.1) is 0 Å². The van der Waals surface area contributed by atoms with Gasteiger partial charge in [0, 0.05) is 17.6 Å². The summed E-state index contributed by atoms with van der Waals surface area (Å²) in [6, 6.07) is -2.25. The van der Waals surface area contributed by atoms with Crippen molar-refractivity contribution in [1.82, 2.24) is 33.9 Å². The van der Waals surface area contributed by atoms with Crippen LogP contribution in [0.3, 0.4) is 0 Å². The summed E-state index contributed by atoms with van der Waals surface area (Å²) in [5.41, 5.74) is 0.363. The van der Waals surface area contributed by atoms with Crippen molar-refractivity contribution in [1.29, 1.82) is 0 Å². The van der Waals surface area contributed by atoms with Crippen LogP contribution in [-0.4, -0.2) is 101 Å². The number of nitrogens with zero attached hydrogens (tertiary/aromatic N) is 7. The molecule has 4 heterocycles. The quantitative estimate of drug-likeness (QED) is 0.0377. The van der Waals surface area contributed by atoms with Crippen molar-refractivity contribution < 1.29 is 107 Å². The number of nitrogens with one attached hydrogen (secondary N) is 2. The van der Waals surface area contributed by atoms with E-state index in [4.69, 9.17) is 10.6 Å². The molecule has 0 saturated carbocycles. The number of thiazole rings is 1. The molecule has 1 aliphatic heterocycles. The number of amidine groups is 1. The zero-order valence-corrected chi connectivity index (χ0v) is 32.6. The van der Waals surface area contributed by atoms with E-state index in [2.05, 4.69) is 29.9 Å². The Balaban J connectivity index is 0.00000433. The number of carboxylic acids is 1. The number of H-pyrrole nitrogens is 1. The van der Waals surface area contributed by atoms with Crippen LogP contribution >= 0.6 is 11.3 Å². The van der Waals surface area contributed by atoms with Gasteiger partial charge < -0.3 is 51.0 Å². The molecule has 0 unspecified atom stereocenters. The molecule has 3 aromatic heterocycles. The van der Waals surface area contributed by atoms with Crippen LogP contribution in [0.1, 0.15) is 32.9 Å². The number of hydrogen-bond acceptors (Lipinski definition) is 17. The number of likely N-dealkylation sites (tertiary alicyclic amines) is 1. The summed E-state index contributed by atoms with van der Waals surface area (Å²) in [6.45, 7) is 2.68. The molecule has 0 aromatic carbocycles. The molecule has 0 radical (unpaired) electrons. The fourth-order valence-corrected chi connectivity index (χ4v) is 5.14. The van der Waals surface area contributed by atoms with Crippen LogP contribution in [-0.2, 0) is 36.0 Å². The van der Waals surface area contributed by atoms with Crippen LogP contribution in [0.5, 0.6) is 5.75 Å². The summed E-state index contributed by atoms with van der Waals surface area (Å²) in [5.74, 6) is -5.04. The Labute approximate surface area is 329 Å². The largest absolute Gasteiger partial charge is 1.00 e. The number of carbonyl (C=O) groups is 3. The number of hydrogen-bond donors (Lipinski definition) is 5. The number of aromatic amines is 1. The molecule has 0 spiro atoms. The number of β-lactam (4-membered cyclic amide) rings is 1. The Hall–Kier alpha value is -3.62. The maximum absolute atomic E-state index is 13.1. The summed E-state index contributed by atoms with van der Waals surface area (Å²) in [4.78, 5) is 73.6. The SMILES string of the molecule is CC[C@H](O)Cn1c(-c2cc(=O)c(O)c[nH]2)nn(S(=O)(=O)/N=C(\[O-])N2C[C@H](NC(=O)/C(=N\OC(C)(C)C(=O)[O-])c3csc(N)n3)C2=O)c1=O.[Na+].[Na+]. The van der Waals surface area contributed by atoms with Gasteiger partial charge in [0.15, 0.2) is 28.0 Å². The van der Waals surface area contributed by atoms with E-state index in [0.29, 0.717) is 9.47 Å². The van der Waals surface area contributed by atoms with E-state index >= 15 is 0 Å². The van der Waals surface area contributed by atoms with Crippen molar-refractivity contribution in [2.24, 2.45) is 9.55 Å². The fraction of sp³-hybridized carbons (Fsp3) is 0.375. The number of nitrogens with two attached hydrogens (primary N) is 1. The Kier molecular flexibility index (Phi) is 14.1. The second-order valence-corrected chi connectivity index (χ2v) is 12.8. The van der Waals surface area contributed by atoms with Crippen molar-refractivity contribution in [2.75, 3.05) is 12.3 Å². The number of pyridine rings is 1. The van der Waals surface area contributed by atoms with Gasteiger partial charge >= 0.3 is 75.0 Å². The molecule has 6 N–H and O–H groups in total. The maximum Gasteiger partial charge on any atom is 1.00 e. The van der Waals surface area contributed by atoms with E-state index in [1.165, 1.54) is 5.38 Å². The molecule has 26 heteroatoms. The van der Waals surface area contributed by atoms with Gasteiger partial charge in [-0.2, -0.15) is 8.42 Å². The molecule has 0 bridgehead atoms. The van der Waals surface area contributed by atoms with Crippen molar-refractivity contribution in [3.8, 4) is 17.3 Å². The summed E-state index contributed by atoms with van der Waals surface area (Å²) in [5, 5.41) is 54.4. The van der Waals surface area contributed by atoms with Gasteiger partial charge in [-0.25, -0.2) is 9.78 Å². The van der Waals surface area contributed by atoms with Gasteiger partial charge in [-0.3, -0.25) is 19.0 Å². The molecule has 2 amide bonds. The van der Waals surface area contributed by atoms with Crippen molar-refractivity contribution in [3.05, 3.63) is 44.0 Å². The molecule has 50 heavy (non-hydrogen) atoms. The molecular weight excluding hydrogens is 730 g/mol. The summed E-state index contributed by atoms with van der Waals surface area (Å²) in [7, 11) is -5.29. The first-order valence-corrected chi connectivity index (χ1v) is 15.8. The summed E-state index contributed by atoms with van der Waals surface area (Å²) < 4.78 is 29.5. The van der Waals surface area contributed by atoms with Gasteiger partial charge in [0.1, 0.15) is 11.7 Å². The van der Waals surface area contributed by atoms with Gasteiger partial charge in [0.25, 0.3) is 11.8 Å². The topological polar surface area (TPSA) is 333 Å². The molecular formula is C24H26N10Na2O12S2. The number of carbonyl (C=O) groups excluding carboxylic acids is 3. The standard InChI is InChI=1S/C24H28N10O12S2.2Na/c1-4-10(35)7-32-17(11-5-14(36)15(37)6-26-11)29-34(23(32)43)48(44,45)31-22(42)33-8-12(19(33)39)27-18(38)16(13-9-47-21(25)28-13)30-46-24(2,3)20(40)41;;/h5-6,9-10,12,35,37H,4,7-8H2,1-3H3,(H2,25,28)(H,26,36)(H,27,38)(H,31,42)(H,40,41);;/q;2*+1/p-2/b30-16-;;/t10-,12-;;/m0../s1. The zero-order valence-electron chi connectivity index (χ0n) is 27.0. The first-order valence-electron chi connectivity index (χ1n) is 13.5. The number of carboxylic acid groups (broad SMARTS) is 1. The number of nitrogen functional groups attached to an aromatic ring is 1. The van der Waals surface area contributed by atoms with Crippen LogP contribution in [0.4, 0.5) is 5.13 Å². The van der Waals surface area contributed by atoms with E-state index in [1.807, 2.05) is 0 Å². The maximum atomic E-state index is 13.1. The average molecular weight is 757 g/mol. The third kappa shape index (κ3) is 9.18. The Morgan fingerprint density at radius 1 is 1.28 bits per heavy atom. The number of aromatic hydroxyl groups is 1. The smallest absolute Gasteiger partial charge is 0.845 e. The number of amides is 2. The van der Waals surface area contributed by atoms with E-state index in [0.717, 1.165) is 37.4 Å². The Morgan fingerprint density at radius 3 is 2.48 bits per heavy atom. The molecule has 3 aromatic rings. The fourth-order valence-electron chi connectivity index (χ4n) is 3.74. The number of aliphatic hydroxyl groups excluding tert-OH is 1. The van der Waals surface area contributed by atoms with Crippen molar-refractivity contribution in [2.45, 2.75) is 51.5 Å². The molecule has 1 fully saturated rings. The average Bonchev–Trinajstić information content (AvgIpc) is 3.58. The second-order valence-electron chi connectivity index (χ2n) is 10.4. The van der Waals surface area contributed by atoms with Gasteiger partial charge in [-0.1, -0.05) is 16.2 Å².